The molecule has 1 saturated carbocycles. The highest BCUT2D eigenvalue weighted by Gasteiger charge is 2.63. The Bertz CT molecular complexity index is 470. The molecule has 2 atom stereocenters. The lowest BCUT2D eigenvalue weighted by Crippen LogP contribution is -2.25. The van der Waals surface area contributed by atoms with Gasteiger partial charge in [-0.3, -0.25) is 4.79 Å². The van der Waals surface area contributed by atoms with Crippen molar-refractivity contribution < 1.29 is 22.5 Å². The van der Waals surface area contributed by atoms with E-state index in [2.05, 4.69) is 9.68 Å². The smallest absolute Gasteiger partial charge is 0.351 e. The van der Waals surface area contributed by atoms with Crippen LogP contribution < -0.4 is 0 Å². The summed E-state index contributed by atoms with van der Waals surface area (Å²) in [5, 5.41) is 3.51. The predicted octanol–water partition coefficient (Wildman–Crippen LogP) is 1.42. The first-order valence-corrected chi connectivity index (χ1v) is 5.19. The maximum Gasteiger partial charge on any atom is 0.452 e. The molecule has 1 saturated heterocycles. The molecule has 1 aliphatic carbocycles. The lowest BCUT2D eigenvalue weighted by molar-refractivity contribution is -0.155. The number of hydrogen-bond acceptors (Lipinski definition) is 3. The zero-order chi connectivity index (χ0) is 12.3. The third-order valence-corrected chi connectivity index (χ3v) is 3.62. The van der Waals surface area contributed by atoms with E-state index in [9.17, 15) is 18.0 Å². The molecule has 1 aromatic rings. The van der Waals surface area contributed by atoms with Gasteiger partial charge < -0.3 is 9.42 Å². The summed E-state index contributed by atoms with van der Waals surface area (Å²) in [6.45, 7) is 1.03. The van der Waals surface area contributed by atoms with Crippen molar-refractivity contribution in [3.05, 3.63) is 17.5 Å². The Hall–Kier alpha value is -1.53. The molecule has 0 aromatic carbocycles. The maximum atomic E-state index is 12.4. The van der Waals surface area contributed by atoms with Gasteiger partial charge in [0.2, 0.25) is 12.2 Å². The quantitative estimate of drug-likeness (QED) is 0.741. The van der Waals surface area contributed by atoms with Crippen molar-refractivity contribution in [2.24, 2.45) is 5.92 Å². The van der Waals surface area contributed by atoms with E-state index in [-0.39, 0.29) is 5.92 Å². The first-order valence-electron chi connectivity index (χ1n) is 5.19. The fraction of sp³-hybridized carbons (Fsp3) is 0.600. The Balaban J connectivity index is 1.87. The summed E-state index contributed by atoms with van der Waals surface area (Å²) < 4.78 is 41.4. The third-order valence-electron chi connectivity index (χ3n) is 3.62. The van der Waals surface area contributed by atoms with E-state index in [1.54, 1.807) is 4.90 Å². The Labute approximate surface area is 94.4 Å². The van der Waals surface area contributed by atoms with Crippen molar-refractivity contribution in [1.82, 2.24) is 10.1 Å². The number of carbonyl (C=O) groups excluding carboxylic acids is 1. The molecule has 2 fully saturated rings. The number of rotatable bonds is 2. The highest BCUT2D eigenvalue weighted by molar-refractivity contribution is 5.51. The topological polar surface area (TPSA) is 46.3 Å². The van der Waals surface area contributed by atoms with Crippen LogP contribution in [0.25, 0.3) is 0 Å². The molecule has 0 radical (unpaired) electrons. The molecular formula is C10H9F3N2O2. The molecule has 0 unspecified atom stereocenters. The van der Waals surface area contributed by atoms with Crippen LogP contribution >= 0.6 is 0 Å². The van der Waals surface area contributed by atoms with Crippen LogP contribution in [0.4, 0.5) is 13.2 Å². The Kier molecular flexibility index (Phi) is 1.89. The average molecular weight is 246 g/mol. The van der Waals surface area contributed by atoms with E-state index in [1.165, 1.54) is 0 Å². The van der Waals surface area contributed by atoms with E-state index in [0.717, 1.165) is 18.9 Å². The third kappa shape index (κ3) is 1.44. The fourth-order valence-electron chi connectivity index (χ4n) is 2.64. The minimum atomic E-state index is -4.50. The van der Waals surface area contributed by atoms with Crippen molar-refractivity contribution in [1.29, 1.82) is 0 Å². The number of aromatic nitrogens is 1. The summed E-state index contributed by atoms with van der Waals surface area (Å²) in [5.74, 6) is -0.851. The van der Waals surface area contributed by atoms with Gasteiger partial charge in [0.25, 0.3) is 0 Å². The van der Waals surface area contributed by atoms with Crippen LogP contribution in [0.1, 0.15) is 17.9 Å². The zero-order valence-corrected chi connectivity index (χ0v) is 8.70. The number of alkyl halides is 3. The predicted molar refractivity (Wildman–Crippen MR) is 48.9 cm³/mol. The first kappa shape index (κ1) is 10.6. The van der Waals surface area contributed by atoms with Gasteiger partial charge >= 0.3 is 6.18 Å². The molecule has 3 rings (SSSR count). The standard InChI is InChI=1S/C10H9F3N2O2/c11-10(12,13)8-1-7(14-17-8)9-2-6(9)3-15(4-9)5-16/h1,5-6H,2-4H2/t6-,9-/m0/s1. The number of halogens is 3. The summed E-state index contributed by atoms with van der Waals surface area (Å²) in [6, 6.07) is 0.953. The summed E-state index contributed by atoms with van der Waals surface area (Å²) >= 11 is 0. The molecule has 4 nitrogen and oxygen atoms in total. The molecular weight excluding hydrogens is 237 g/mol. The second kappa shape index (κ2) is 3.02. The van der Waals surface area contributed by atoms with E-state index in [1.807, 2.05) is 0 Å². The molecule has 0 bridgehead atoms. The molecule has 7 heteroatoms. The highest BCUT2D eigenvalue weighted by atomic mass is 19.4. The number of fused-ring (bicyclic) bond motifs is 1. The van der Waals surface area contributed by atoms with Gasteiger partial charge in [0.1, 0.15) is 0 Å². The zero-order valence-electron chi connectivity index (χ0n) is 8.70. The summed E-state index contributed by atoms with van der Waals surface area (Å²) in [6.07, 6.45) is -3.00. The largest absolute Gasteiger partial charge is 0.452 e. The number of amides is 1. The first-order chi connectivity index (χ1) is 7.95. The van der Waals surface area contributed by atoms with Crippen LogP contribution in [-0.4, -0.2) is 29.6 Å². The fourth-order valence-corrected chi connectivity index (χ4v) is 2.64. The molecule has 0 N–H and O–H groups in total. The summed E-state index contributed by atoms with van der Waals surface area (Å²) in [4.78, 5) is 12.2. The summed E-state index contributed by atoms with van der Waals surface area (Å²) in [5.41, 5.74) is -0.0762. The number of piperidine rings is 1. The van der Waals surface area contributed by atoms with E-state index < -0.39 is 17.4 Å². The number of hydrogen-bond donors (Lipinski definition) is 0. The molecule has 2 heterocycles. The van der Waals surface area contributed by atoms with Gasteiger partial charge in [0.05, 0.1) is 5.69 Å². The summed E-state index contributed by atoms with van der Waals surface area (Å²) in [7, 11) is 0. The van der Waals surface area contributed by atoms with Gasteiger partial charge in [0.15, 0.2) is 0 Å². The molecule has 92 valence electrons. The molecule has 1 aromatic heterocycles. The minimum Gasteiger partial charge on any atom is -0.351 e. The lowest BCUT2D eigenvalue weighted by Gasteiger charge is -2.13. The SMILES string of the molecule is O=CN1C[C@@H]2C[C@]2(c2cc(C(F)(F)F)on2)C1. The van der Waals surface area contributed by atoms with Gasteiger partial charge in [-0.25, -0.2) is 0 Å². The second-order valence-corrected chi connectivity index (χ2v) is 4.67. The van der Waals surface area contributed by atoms with Crippen LogP contribution in [0.3, 0.4) is 0 Å². The van der Waals surface area contributed by atoms with Crippen LogP contribution in [0, 0.1) is 5.92 Å². The van der Waals surface area contributed by atoms with Gasteiger partial charge in [-0.05, 0) is 12.3 Å². The molecule has 1 amide bonds. The molecule has 17 heavy (non-hydrogen) atoms. The Morgan fingerprint density at radius 2 is 2.35 bits per heavy atom. The lowest BCUT2D eigenvalue weighted by atomic mass is 10.0. The molecule has 1 aliphatic heterocycles. The van der Waals surface area contributed by atoms with Crippen molar-refractivity contribution in [3.8, 4) is 0 Å². The van der Waals surface area contributed by atoms with Gasteiger partial charge in [-0.2, -0.15) is 13.2 Å². The van der Waals surface area contributed by atoms with Crippen LogP contribution in [-0.2, 0) is 16.4 Å². The van der Waals surface area contributed by atoms with E-state index in [0.29, 0.717) is 18.8 Å². The molecule has 2 aliphatic rings. The number of likely N-dealkylation sites (tertiary alicyclic amines) is 1. The normalized spacial score (nSPS) is 31.5. The van der Waals surface area contributed by atoms with E-state index in [4.69, 9.17) is 0 Å². The van der Waals surface area contributed by atoms with Crippen LogP contribution in [0.5, 0.6) is 0 Å². The number of carbonyl (C=O) groups is 1. The van der Waals surface area contributed by atoms with Crippen LogP contribution in [0.2, 0.25) is 0 Å². The van der Waals surface area contributed by atoms with Crippen molar-refractivity contribution in [2.75, 3.05) is 13.1 Å². The second-order valence-electron chi connectivity index (χ2n) is 4.67. The van der Waals surface area contributed by atoms with Crippen molar-refractivity contribution in [2.45, 2.75) is 18.0 Å². The van der Waals surface area contributed by atoms with Crippen LogP contribution in [0.15, 0.2) is 10.6 Å². The minimum absolute atomic E-state index is 0.221. The average Bonchev–Trinajstić information content (AvgIpc) is 2.73. The number of nitrogens with zero attached hydrogens (tertiary/aromatic N) is 2. The van der Waals surface area contributed by atoms with Crippen molar-refractivity contribution >= 4 is 6.41 Å². The molecule has 0 spiro atoms. The maximum absolute atomic E-state index is 12.4. The Morgan fingerprint density at radius 1 is 1.59 bits per heavy atom. The van der Waals surface area contributed by atoms with Crippen molar-refractivity contribution in [3.63, 3.8) is 0 Å². The monoisotopic (exact) mass is 246 g/mol. The Morgan fingerprint density at radius 3 is 2.88 bits per heavy atom. The highest BCUT2D eigenvalue weighted by Crippen LogP contribution is 2.58. The van der Waals surface area contributed by atoms with Gasteiger partial charge in [-0.15, -0.1) is 0 Å². The van der Waals surface area contributed by atoms with E-state index >= 15 is 0 Å². The van der Waals surface area contributed by atoms with Gasteiger partial charge in [0, 0.05) is 24.6 Å². The van der Waals surface area contributed by atoms with Gasteiger partial charge in [-0.1, -0.05) is 5.16 Å².